The normalized spacial score (nSPS) is 16.5. The van der Waals surface area contributed by atoms with Crippen molar-refractivity contribution in [2.45, 2.75) is 38.8 Å². The van der Waals surface area contributed by atoms with Crippen LogP contribution >= 0.6 is 0 Å². The van der Waals surface area contributed by atoms with Crippen molar-refractivity contribution in [1.82, 2.24) is 5.32 Å². The number of rotatable bonds is 5. The second-order valence-corrected chi connectivity index (χ2v) is 6.24. The maximum atomic E-state index is 12.6. The van der Waals surface area contributed by atoms with E-state index in [2.05, 4.69) is 10.6 Å². The minimum Gasteiger partial charge on any atom is -0.480 e. The molecule has 0 bridgehead atoms. The largest absolute Gasteiger partial charge is 0.480 e. The first-order valence-electron chi connectivity index (χ1n) is 8.53. The zero-order valence-electron chi connectivity index (χ0n) is 14.4. The van der Waals surface area contributed by atoms with Crippen molar-refractivity contribution in [1.29, 1.82) is 0 Å². The molecule has 5 nitrogen and oxygen atoms in total. The average Bonchev–Trinajstić information content (AvgIpc) is 3.06. The summed E-state index contributed by atoms with van der Waals surface area (Å²) in [6.07, 6.45) is 0.792. The summed E-state index contributed by atoms with van der Waals surface area (Å²) in [6, 6.07) is 14.7. The topological polar surface area (TPSA) is 67.4 Å². The number of carbonyl (C=O) groups excluding carboxylic acids is 2. The lowest BCUT2D eigenvalue weighted by Gasteiger charge is -2.16. The number of hydrogen-bond donors (Lipinski definition) is 2. The van der Waals surface area contributed by atoms with E-state index in [9.17, 15) is 9.59 Å². The molecule has 2 aromatic carbocycles. The first-order chi connectivity index (χ1) is 12.1. The van der Waals surface area contributed by atoms with E-state index in [1.54, 1.807) is 24.3 Å². The molecule has 0 spiro atoms. The van der Waals surface area contributed by atoms with E-state index in [1.165, 1.54) is 0 Å². The van der Waals surface area contributed by atoms with Gasteiger partial charge in [-0.25, -0.2) is 0 Å². The fourth-order valence-electron chi connectivity index (χ4n) is 2.74. The molecule has 1 aliphatic heterocycles. The highest BCUT2D eigenvalue weighted by molar-refractivity contribution is 6.05. The number of amides is 2. The predicted molar refractivity (Wildman–Crippen MR) is 96.9 cm³/mol. The molecule has 130 valence electrons. The molecule has 2 aromatic rings. The van der Waals surface area contributed by atoms with E-state index in [0.29, 0.717) is 17.7 Å². The molecule has 0 unspecified atom stereocenters. The molecule has 25 heavy (non-hydrogen) atoms. The molecule has 1 aliphatic rings. The monoisotopic (exact) mass is 338 g/mol. The van der Waals surface area contributed by atoms with Gasteiger partial charge in [-0.1, -0.05) is 37.3 Å². The third-order valence-electron chi connectivity index (χ3n) is 4.36. The molecule has 0 saturated carbocycles. The maximum absolute atomic E-state index is 12.6. The van der Waals surface area contributed by atoms with E-state index in [0.717, 1.165) is 17.7 Å². The van der Waals surface area contributed by atoms with Gasteiger partial charge in [-0.05, 0) is 37.1 Å². The molecule has 0 aromatic heterocycles. The maximum Gasteiger partial charge on any atom is 0.265 e. The molecule has 0 aliphatic carbocycles. The van der Waals surface area contributed by atoms with Gasteiger partial charge in [-0.3, -0.25) is 9.59 Å². The minimum atomic E-state index is -0.580. The van der Waals surface area contributed by atoms with Gasteiger partial charge in [-0.2, -0.15) is 0 Å². The van der Waals surface area contributed by atoms with E-state index in [-0.39, 0.29) is 17.9 Å². The second kappa shape index (κ2) is 7.38. The van der Waals surface area contributed by atoms with Crippen LogP contribution in [0.4, 0.5) is 5.69 Å². The van der Waals surface area contributed by atoms with E-state index in [1.807, 2.05) is 38.1 Å². The van der Waals surface area contributed by atoms with Crippen molar-refractivity contribution in [3.8, 4) is 5.75 Å². The fourth-order valence-corrected chi connectivity index (χ4v) is 2.74. The van der Waals surface area contributed by atoms with Crippen LogP contribution < -0.4 is 15.4 Å². The molecule has 0 saturated heterocycles. The smallest absolute Gasteiger partial charge is 0.265 e. The van der Waals surface area contributed by atoms with Crippen LogP contribution in [0.2, 0.25) is 0 Å². The van der Waals surface area contributed by atoms with Gasteiger partial charge in [0, 0.05) is 12.5 Å². The summed E-state index contributed by atoms with van der Waals surface area (Å²) in [5.41, 5.74) is 1.96. The van der Waals surface area contributed by atoms with Crippen LogP contribution in [-0.2, 0) is 11.2 Å². The lowest BCUT2D eigenvalue weighted by molar-refractivity contribution is -0.122. The van der Waals surface area contributed by atoms with Crippen LogP contribution in [0.15, 0.2) is 48.5 Å². The van der Waals surface area contributed by atoms with Crippen LogP contribution in [0.3, 0.4) is 0 Å². The number of fused-ring (bicyclic) bond motifs is 1. The highest BCUT2D eigenvalue weighted by atomic mass is 16.5. The Labute approximate surface area is 147 Å². The standard InChI is InChI=1S/C20H22N2O3/c1-3-13(2)21-19(23)15-9-5-6-10-16(15)22-20(24)18-12-14-8-4-7-11-17(14)25-18/h4-11,13,18H,3,12H2,1-2H3,(H,21,23)(H,22,24)/t13-,18+/m0/s1. The summed E-state index contributed by atoms with van der Waals surface area (Å²) in [6.45, 7) is 3.95. The van der Waals surface area contributed by atoms with Crippen molar-refractivity contribution in [2.75, 3.05) is 5.32 Å². The van der Waals surface area contributed by atoms with Crippen molar-refractivity contribution < 1.29 is 14.3 Å². The molecule has 2 N–H and O–H groups in total. The summed E-state index contributed by atoms with van der Waals surface area (Å²) in [5.74, 6) is 0.298. The van der Waals surface area contributed by atoms with Crippen LogP contribution in [0.25, 0.3) is 0 Å². The predicted octanol–water partition coefficient (Wildman–Crippen LogP) is 3.16. The van der Waals surface area contributed by atoms with Gasteiger partial charge in [0.15, 0.2) is 6.10 Å². The Morgan fingerprint density at radius 2 is 1.88 bits per heavy atom. The fraction of sp³-hybridized carbons (Fsp3) is 0.300. The Bertz CT molecular complexity index is 763. The van der Waals surface area contributed by atoms with Gasteiger partial charge in [0.1, 0.15) is 5.75 Å². The quantitative estimate of drug-likeness (QED) is 0.880. The Hall–Kier alpha value is -2.82. The van der Waals surface area contributed by atoms with Crippen LogP contribution in [0.5, 0.6) is 5.75 Å². The lowest BCUT2D eigenvalue weighted by Crippen LogP contribution is -2.34. The van der Waals surface area contributed by atoms with Crippen molar-refractivity contribution in [2.24, 2.45) is 0 Å². The molecule has 2 amide bonds. The second-order valence-electron chi connectivity index (χ2n) is 6.24. The summed E-state index contributed by atoms with van der Waals surface area (Å²) in [5, 5.41) is 5.76. The highest BCUT2D eigenvalue weighted by Crippen LogP contribution is 2.29. The Balaban J connectivity index is 1.71. The number of anilines is 1. The average molecular weight is 338 g/mol. The summed E-state index contributed by atoms with van der Waals surface area (Å²) in [7, 11) is 0. The zero-order valence-corrected chi connectivity index (χ0v) is 14.4. The Morgan fingerprint density at radius 3 is 2.64 bits per heavy atom. The van der Waals surface area contributed by atoms with Crippen molar-refractivity contribution in [3.05, 3.63) is 59.7 Å². The molecule has 0 fully saturated rings. The molecule has 0 radical (unpaired) electrons. The number of nitrogens with one attached hydrogen (secondary N) is 2. The third-order valence-corrected chi connectivity index (χ3v) is 4.36. The van der Waals surface area contributed by atoms with Crippen molar-refractivity contribution >= 4 is 17.5 Å². The molecule has 1 heterocycles. The Kier molecular flexibility index (Phi) is 5.03. The number of benzene rings is 2. The summed E-state index contributed by atoms with van der Waals surface area (Å²) >= 11 is 0. The van der Waals surface area contributed by atoms with Gasteiger partial charge < -0.3 is 15.4 Å². The highest BCUT2D eigenvalue weighted by Gasteiger charge is 2.29. The van der Waals surface area contributed by atoms with Gasteiger partial charge in [0.2, 0.25) is 0 Å². The van der Waals surface area contributed by atoms with Crippen molar-refractivity contribution in [3.63, 3.8) is 0 Å². The number of para-hydroxylation sites is 2. The van der Waals surface area contributed by atoms with Gasteiger partial charge >= 0.3 is 0 Å². The summed E-state index contributed by atoms with van der Waals surface area (Å²) in [4.78, 5) is 25.0. The number of carbonyl (C=O) groups is 2. The lowest BCUT2D eigenvalue weighted by atomic mass is 10.1. The minimum absolute atomic E-state index is 0.0731. The zero-order chi connectivity index (χ0) is 17.8. The first-order valence-corrected chi connectivity index (χ1v) is 8.53. The van der Waals surface area contributed by atoms with E-state index in [4.69, 9.17) is 4.74 Å². The molecular formula is C20H22N2O3. The van der Waals surface area contributed by atoms with Gasteiger partial charge in [0.05, 0.1) is 11.3 Å². The van der Waals surface area contributed by atoms with Gasteiger partial charge in [0.25, 0.3) is 11.8 Å². The van der Waals surface area contributed by atoms with Crippen LogP contribution in [-0.4, -0.2) is 24.0 Å². The molecular weight excluding hydrogens is 316 g/mol. The first kappa shape index (κ1) is 17.0. The van der Waals surface area contributed by atoms with Gasteiger partial charge in [-0.15, -0.1) is 0 Å². The number of ether oxygens (including phenoxy) is 1. The molecule has 5 heteroatoms. The number of hydrogen-bond acceptors (Lipinski definition) is 3. The Morgan fingerprint density at radius 1 is 1.16 bits per heavy atom. The third kappa shape index (κ3) is 3.82. The van der Waals surface area contributed by atoms with E-state index >= 15 is 0 Å². The molecule has 2 atom stereocenters. The summed E-state index contributed by atoms with van der Waals surface area (Å²) < 4.78 is 5.71. The van der Waals surface area contributed by atoms with Crippen LogP contribution in [0.1, 0.15) is 36.2 Å². The molecule has 3 rings (SSSR count). The van der Waals surface area contributed by atoms with E-state index < -0.39 is 6.10 Å². The van der Waals surface area contributed by atoms with Crippen LogP contribution in [0, 0.1) is 0 Å². The SMILES string of the molecule is CC[C@H](C)NC(=O)c1ccccc1NC(=O)[C@H]1Cc2ccccc2O1.